The van der Waals surface area contributed by atoms with Crippen molar-refractivity contribution in [3.63, 3.8) is 0 Å². The molecule has 6 nitrogen and oxygen atoms in total. The smallest absolute Gasteiger partial charge is 0.124 e. The van der Waals surface area contributed by atoms with Crippen molar-refractivity contribution in [3.05, 3.63) is 65.0 Å². The van der Waals surface area contributed by atoms with E-state index in [1.54, 1.807) is 36.7 Å². The number of phenolic OH excluding ortho intramolecular Hbond substituents is 2. The van der Waals surface area contributed by atoms with Gasteiger partial charge in [0.05, 0.1) is 0 Å². The molecule has 27 heavy (non-hydrogen) atoms. The van der Waals surface area contributed by atoms with E-state index in [0.717, 1.165) is 37.1 Å². The molecule has 0 unspecified atom stereocenters. The van der Waals surface area contributed by atoms with Crippen LogP contribution in [0.5, 0.6) is 11.5 Å². The summed E-state index contributed by atoms with van der Waals surface area (Å²) >= 11 is 0. The molecule has 0 saturated heterocycles. The molecule has 7 heteroatoms. The van der Waals surface area contributed by atoms with Gasteiger partial charge in [0, 0.05) is 53.4 Å². The van der Waals surface area contributed by atoms with Crippen LogP contribution in [0.4, 0.5) is 0 Å². The van der Waals surface area contributed by atoms with Gasteiger partial charge in [-0.2, -0.15) is 0 Å². The molecule has 0 aliphatic carbocycles. The number of aliphatic imine (C=N–C) groups is 2. The van der Waals surface area contributed by atoms with Crippen molar-refractivity contribution in [1.29, 1.82) is 0 Å². The molecule has 0 aliphatic heterocycles. The van der Waals surface area contributed by atoms with Gasteiger partial charge in [-0.1, -0.05) is 37.1 Å². The van der Waals surface area contributed by atoms with Gasteiger partial charge >= 0.3 is 0 Å². The Hall–Kier alpha value is -2.19. The number of rotatable bonds is 10. The van der Waals surface area contributed by atoms with E-state index in [2.05, 4.69) is 15.3 Å². The summed E-state index contributed by atoms with van der Waals surface area (Å²) in [5.41, 5.74) is 1.48. The van der Waals surface area contributed by atoms with E-state index in [-0.39, 0.29) is 33.8 Å². The standard InChI is InChI=1S/C20H24N3O2.Co.H2O/c24-19-9-3-1-7-17(19)15-22-13-5-11-21-12-6-14-23-16-18-8-2-4-10-20(18)25;;/h1-4,7-10,15-16,24-25H,5-6,11-14H2;;1H2/q-1;;/p-1. The Bertz CT molecular complexity index is 649. The van der Waals surface area contributed by atoms with Crippen LogP contribution >= 0.6 is 0 Å². The van der Waals surface area contributed by atoms with E-state index in [4.69, 9.17) is 0 Å². The molecule has 3 N–H and O–H groups in total. The minimum Gasteiger partial charge on any atom is -0.870 e. The second-order valence-electron chi connectivity index (χ2n) is 5.57. The van der Waals surface area contributed by atoms with Crippen LogP contribution in [0.1, 0.15) is 24.0 Å². The summed E-state index contributed by atoms with van der Waals surface area (Å²) in [6, 6.07) is 14.3. The zero-order valence-corrected chi connectivity index (χ0v) is 16.1. The van der Waals surface area contributed by atoms with Gasteiger partial charge in [-0.05, 0) is 24.3 Å². The zero-order chi connectivity index (χ0) is 17.7. The SMILES string of the molecule is Oc1ccccc1C=NCCC[N-]CCCN=Cc1ccccc1O.[Co].[OH-]. The molecule has 0 amide bonds. The summed E-state index contributed by atoms with van der Waals surface area (Å²) in [7, 11) is 0. The predicted molar refractivity (Wildman–Crippen MR) is 105 cm³/mol. The third-order valence-electron chi connectivity index (χ3n) is 3.54. The Morgan fingerprint density at radius 1 is 0.741 bits per heavy atom. The van der Waals surface area contributed by atoms with Crippen LogP contribution < -0.4 is 0 Å². The molecule has 2 rings (SSSR count). The molecule has 0 spiro atoms. The Morgan fingerprint density at radius 3 is 1.56 bits per heavy atom. The fourth-order valence-electron chi connectivity index (χ4n) is 2.18. The largest absolute Gasteiger partial charge is 0.870 e. The normalized spacial score (nSPS) is 10.7. The number of benzene rings is 2. The maximum atomic E-state index is 9.61. The molecule has 0 aromatic heterocycles. The molecular weight excluding hydrogens is 389 g/mol. The van der Waals surface area contributed by atoms with Crippen LogP contribution in [0.2, 0.25) is 0 Å². The Labute approximate surface area is 170 Å². The van der Waals surface area contributed by atoms with E-state index in [1.807, 2.05) is 24.3 Å². The molecule has 0 fully saturated rings. The minimum atomic E-state index is 0. The van der Waals surface area contributed by atoms with Crippen LogP contribution in [0.25, 0.3) is 5.32 Å². The Kier molecular flexibility index (Phi) is 13.7. The number of hydrogen-bond acceptors (Lipinski definition) is 5. The first-order valence-corrected chi connectivity index (χ1v) is 8.46. The molecule has 149 valence electrons. The Morgan fingerprint density at radius 2 is 1.15 bits per heavy atom. The first kappa shape index (κ1) is 24.8. The summed E-state index contributed by atoms with van der Waals surface area (Å²) in [5, 5.41) is 23.7. The van der Waals surface area contributed by atoms with Gasteiger partial charge in [-0.25, -0.2) is 0 Å². The van der Waals surface area contributed by atoms with E-state index in [1.165, 1.54) is 0 Å². The van der Waals surface area contributed by atoms with E-state index >= 15 is 0 Å². The monoisotopic (exact) mass is 414 g/mol. The quantitative estimate of drug-likeness (QED) is 0.458. The molecule has 0 aliphatic rings. The summed E-state index contributed by atoms with van der Waals surface area (Å²) in [5.74, 6) is 0.501. The topological polar surface area (TPSA) is 109 Å². The summed E-state index contributed by atoms with van der Waals surface area (Å²) in [6.07, 6.45) is 5.18. The maximum absolute atomic E-state index is 9.61. The van der Waals surface area contributed by atoms with Gasteiger partial charge in [0.25, 0.3) is 0 Å². The third kappa shape index (κ3) is 9.91. The van der Waals surface area contributed by atoms with Gasteiger partial charge in [-0.3, -0.25) is 9.98 Å². The maximum Gasteiger partial charge on any atom is 0.124 e. The fraction of sp³-hybridized carbons (Fsp3) is 0.300. The molecule has 2 aromatic rings. The van der Waals surface area contributed by atoms with Crippen LogP contribution in [0.15, 0.2) is 58.5 Å². The average Bonchev–Trinajstić information content (AvgIpc) is 2.62. The van der Waals surface area contributed by atoms with Crippen molar-refractivity contribution in [2.24, 2.45) is 9.98 Å². The van der Waals surface area contributed by atoms with E-state index in [9.17, 15) is 10.2 Å². The number of hydrogen-bond donors (Lipinski definition) is 2. The van der Waals surface area contributed by atoms with Crippen molar-refractivity contribution >= 4 is 12.4 Å². The molecule has 0 bridgehead atoms. The third-order valence-corrected chi connectivity index (χ3v) is 3.54. The van der Waals surface area contributed by atoms with Crippen LogP contribution in [0, 0.1) is 0 Å². The molecule has 2 aromatic carbocycles. The van der Waals surface area contributed by atoms with Crippen LogP contribution in [0.3, 0.4) is 0 Å². The second-order valence-corrected chi connectivity index (χ2v) is 5.57. The number of para-hydroxylation sites is 2. The van der Waals surface area contributed by atoms with Gasteiger partial charge in [0.15, 0.2) is 0 Å². The fourth-order valence-corrected chi connectivity index (χ4v) is 2.18. The van der Waals surface area contributed by atoms with Crippen molar-refractivity contribution in [3.8, 4) is 11.5 Å². The van der Waals surface area contributed by atoms with Crippen molar-refractivity contribution in [2.45, 2.75) is 12.8 Å². The van der Waals surface area contributed by atoms with Crippen molar-refractivity contribution < 1.29 is 32.5 Å². The molecule has 1 radical (unpaired) electrons. The minimum absolute atomic E-state index is 0. The molecular formula is C20H25CoN3O3-2. The summed E-state index contributed by atoms with van der Waals surface area (Å²) < 4.78 is 0. The zero-order valence-electron chi connectivity index (χ0n) is 15.0. The Balaban J connectivity index is 0.00000338. The van der Waals surface area contributed by atoms with Crippen LogP contribution in [-0.4, -0.2) is 54.3 Å². The molecule has 0 saturated carbocycles. The van der Waals surface area contributed by atoms with Gasteiger partial charge in [-0.15, -0.1) is 13.1 Å². The first-order chi connectivity index (χ1) is 12.3. The van der Waals surface area contributed by atoms with Crippen molar-refractivity contribution in [2.75, 3.05) is 26.2 Å². The molecule has 0 heterocycles. The summed E-state index contributed by atoms with van der Waals surface area (Å²) in [4.78, 5) is 8.60. The van der Waals surface area contributed by atoms with Gasteiger partial charge < -0.3 is 21.0 Å². The van der Waals surface area contributed by atoms with Crippen LogP contribution in [-0.2, 0) is 16.8 Å². The average molecular weight is 414 g/mol. The second kappa shape index (κ2) is 14.9. The number of nitrogens with zero attached hydrogens (tertiary/aromatic N) is 3. The van der Waals surface area contributed by atoms with Crippen molar-refractivity contribution in [1.82, 2.24) is 0 Å². The predicted octanol–water partition coefficient (Wildman–Crippen LogP) is 3.61. The molecule has 0 atom stereocenters. The summed E-state index contributed by atoms with van der Waals surface area (Å²) in [6.45, 7) is 2.95. The van der Waals surface area contributed by atoms with Gasteiger partial charge in [0.1, 0.15) is 11.5 Å². The first-order valence-electron chi connectivity index (χ1n) is 8.46. The number of phenols is 2. The van der Waals surface area contributed by atoms with Gasteiger partial charge in [0.2, 0.25) is 0 Å². The number of aromatic hydroxyl groups is 2. The van der Waals surface area contributed by atoms with E-state index < -0.39 is 0 Å². The van der Waals surface area contributed by atoms with E-state index in [0.29, 0.717) is 13.1 Å².